The first-order valence-corrected chi connectivity index (χ1v) is 6.55. The first kappa shape index (κ1) is 12.1. The summed E-state index contributed by atoms with van der Waals surface area (Å²) < 4.78 is 10.8. The smallest absolute Gasteiger partial charge is 0.133 e. The van der Waals surface area contributed by atoms with E-state index in [0.717, 1.165) is 51.9 Å². The van der Waals surface area contributed by atoms with Gasteiger partial charge in [0.15, 0.2) is 0 Å². The van der Waals surface area contributed by atoms with Gasteiger partial charge in [-0.3, -0.25) is 4.79 Å². The van der Waals surface area contributed by atoms with E-state index in [1.807, 2.05) is 0 Å². The lowest BCUT2D eigenvalue weighted by molar-refractivity contribution is -0.121. The molecule has 92 valence electrons. The summed E-state index contributed by atoms with van der Waals surface area (Å²) in [5.41, 5.74) is 0. The standard InChI is InChI=1S/C13H22O3/c14-12(3-4-13-2-1-7-16-13)10-11-5-8-15-9-6-11/h11,13H,1-10H2. The van der Waals surface area contributed by atoms with Crippen LogP contribution in [0.2, 0.25) is 0 Å². The van der Waals surface area contributed by atoms with Gasteiger partial charge >= 0.3 is 0 Å². The maximum atomic E-state index is 11.8. The minimum atomic E-state index is 0.360. The fourth-order valence-electron chi connectivity index (χ4n) is 2.57. The summed E-state index contributed by atoms with van der Waals surface area (Å²) in [6.07, 6.45) is 7.19. The lowest BCUT2D eigenvalue weighted by Crippen LogP contribution is -2.19. The minimum absolute atomic E-state index is 0.360. The van der Waals surface area contributed by atoms with E-state index in [2.05, 4.69) is 0 Å². The summed E-state index contributed by atoms with van der Waals surface area (Å²) >= 11 is 0. The zero-order chi connectivity index (χ0) is 11.2. The summed E-state index contributed by atoms with van der Waals surface area (Å²) in [7, 11) is 0. The number of ether oxygens (including phenoxy) is 2. The zero-order valence-electron chi connectivity index (χ0n) is 9.95. The van der Waals surface area contributed by atoms with E-state index >= 15 is 0 Å². The Kier molecular flexibility index (Phi) is 4.79. The molecule has 0 aromatic carbocycles. The summed E-state index contributed by atoms with van der Waals surface area (Å²) in [5.74, 6) is 0.994. The first-order valence-electron chi connectivity index (χ1n) is 6.55. The average Bonchev–Trinajstić information content (AvgIpc) is 2.81. The van der Waals surface area contributed by atoms with Gasteiger partial charge in [0.25, 0.3) is 0 Å². The van der Waals surface area contributed by atoms with Crippen LogP contribution in [0.1, 0.15) is 44.9 Å². The summed E-state index contributed by atoms with van der Waals surface area (Å²) in [5, 5.41) is 0. The van der Waals surface area contributed by atoms with Crippen LogP contribution in [0.25, 0.3) is 0 Å². The fraction of sp³-hybridized carbons (Fsp3) is 0.923. The lowest BCUT2D eigenvalue weighted by atomic mass is 9.92. The topological polar surface area (TPSA) is 35.5 Å². The highest BCUT2D eigenvalue weighted by molar-refractivity contribution is 5.78. The van der Waals surface area contributed by atoms with Crippen molar-refractivity contribution >= 4 is 5.78 Å². The Hall–Kier alpha value is -0.410. The van der Waals surface area contributed by atoms with Crippen LogP contribution in [0.5, 0.6) is 0 Å². The third kappa shape index (κ3) is 3.87. The Morgan fingerprint density at radius 2 is 1.94 bits per heavy atom. The zero-order valence-corrected chi connectivity index (χ0v) is 9.95. The van der Waals surface area contributed by atoms with Gasteiger partial charge in [-0.2, -0.15) is 0 Å². The molecule has 0 bridgehead atoms. The Balaban J connectivity index is 1.59. The van der Waals surface area contributed by atoms with Crippen molar-refractivity contribution in [1.29, 1.82) is 0 Å². The highest BCUT2D eigenvalue weighted by Crippen LogP contribution is 2.21. The van der Waals surface area contributed by atoms with Gasteiger partial charge in [0.2, 0.25) is 0 Å². The van der Waals surface area contributed by atoms with E-state index in [-0.39, 0.29) is 0 Å². The monoisotopic (exact) mass is 226 g/mol. The second-order valence-corrected chi connectivity index (χ2v) is 4.97. The number of carbonyl (C=O) groups is 1. The van der Waals surface area contributed by atoms with Crippen molar-refractivity contribution in [3.8, 4) is 0 Å². The van der Waals surface area contributed by atoms with Gasteiger partial charge in [-0.05, 0) is 38.0 Å². The number of hydrogen-bond acceptors (Lipinski definition) is 3. The van der Waals surface area contributed by atoms with Crippen molar-refractivity contribution < 1.29 is 14.3 Å². The molecule has 0 aromatic rings. The van der Waals surface area contributed by atoms with Gasteiger partial charge in [0, 0.05) is 32.7 Å². The molecule has 0 aromatic heterocycles. The molecule has 0 aliphatic carbocycles. The molecular weight excluding hydrogens is 204 g/mol. The molecule has 2 saturated heterocycles. The molecule has 2 rings (SSSR count). The molecule has 2 aliphatic heterocycles. The van der Waals surface area contributed by atoms with Gasteiger partial charge in [-0.25, -0.2) is 0 Å². The molecule has 0 radical (unpaired) electrons. The van der Waals surface area contributed by atoms with Gasteiger partial charge in [-0.1, -0.05) is 0 Å². The van der Waals surface area contributed by atoms with Crippen LogP contribution in [0.15, 0.2) is 0 Å². The maximum absolute atomic E-state index is 11.8. The molecule has 0 N–H and O–H groups in total. The molecule has 16 heavy (non-hydrogen) atoms. The second kappa shape index (κ2) is 6.36. The largest absolute Gasteiger partial charge is 0.381 e. The quantitative estimate of drug-likeness (QED) is 0.721. The fourth-order valence-corrected chi connectivity index (χ4v) is 2.57. The summed E-state index contributed by atoms with van der Waals surface area (Å²) in [6.45, 7) is 2.56. The molecule has 0 amide bonds. The Labute approximate surface area is 97.5 Å². The van der Waals surface area contributed by atoms with Crippen molar-refractivity contribution in [1.82, 2.24) is 0 Å². The van der Waals surface area contributed by atoms with Crippen molar-refractivity contribution in [3.63, 3.8) is 0 Å². The van der Waals surface area contributed by atoms with E-state index in [1.54, 1.807) is 0 Å². The van der Waals surface area contributed by atoms with Crippen LogP contribution >= 0.6 is 0 Å². The molecule has 1 unspecified atom stereocenters. The Bertz CT molecular complexity index is 215. The van der Waals surface area contributed by atoms with Crippen LogP contribution in [0.3, 0.4) is 0 Å². The predicted molar refractivity (Wildman–Crippen MR) is 61.4 cm³/mol. The molecule has 1 atom stereocenters. The summed E-state index contributed by atoms with van der Waals surface area (Å²) in [6, 6.07) is 0. The van der Waals surface area contributed by atoms with Crippen molar-refractivity contribution in [2.45, 2.75) is 51.0 Å². The number of hydrogen-bond donors (Lipinski definition) is 0. The molecule has 2 heterocycles. The van der Waals surface area contributed by atoms with Crippen LogP contribution in [0.4, 0.5) is 0 Å². The molecule has 3 nitrogen and oxygen atoms in total. The van der Waals surface area contributed by atoms with Gasteiger partial charge in [0.05, 0.1) is 6.10 Å². The van der Waals surface area contributed by atoms with Gasteiger partial charge in [0.1, 0.15) is 5.78 Å². The predicted octanol–water partition coefficient (Wildman–Crippen LogP) is 2.33. The van der Waals surface area contributed by atoms with Gasteiger partial charge < -0.3 is 9.47 Å². The SMILES string of the molecule is O=C(CCC1CCCO1)CC1CCOCC1. The Morgan fingerprint density at radius 3 is 2.62 bits per heavy atom. The second-order valence-electron chi connectivity index (χ2n) is 4.97. The third-order valence-corrected chi connectivity index (χ3v) is 3.63. The molecule has 0 saturated carbocycles. The number of Topliss-reactive ketones (excluding diaryl/α,β-unsaturated/α-hetero) is 1. The van der Waals surface area contributed by atoms with Gasteiger partial charge in [-0.15, -0.1) is 0 Å². The van der Waals surface area contributed by atoms with E-state index in [9.17, 15) is 4.79 Å². The minimum Gasteiger partial charge on any atom is -0.381 e. The average molecular weight is 226 g/mol. The highest BCUT2D eigenvalue weighted by atomic mass is 16.5. The van der Waals surface area contributed by atoms with Crippen LogP contribution in [-0.2, 0) is 14.3 Å². The number of carbonyl (C=O) groups excluding carboxylic acids is 1. The Morgan fingerprint density at radius 1 is 1.12 bits per heavy atom. The number of ketones is 1. The van der Waals surface area contributed by atoms with Crippen molar-refractivity contribution in [2.24, 2.45) is 5.92 Å². The van der Waals surface area contributed by atoms with E-state index < -0.39 is 0 Å². The maximum Gasteiger partial charge on any atom is 0.133 e. The van der Waals surface area contributed by atoms with Crippen molar-refractivity contribution in [3.05, 3.63) is 0 Å². The molecule has 3 heteroatoms. The molecule has 2 fully saturated rings. The summed E-state index contributed by atoms with van der Waals surface area (Å²) in [4.78, 5) is 11.8. The van der Waals surface area contributed by atoms with E-state index in [4.69, 9.17) is 9.47 Å². The molecule has 0 spiro atoms. The first-order chi connectivity index (χ1) is 7.84. The third-order valence-electron chi connectivity index (χ3n) is 3.63. The number of rotatable bonds is 5. The normalized spacial score (nSPS) is 27.1. The lowest BCUT2D eigenvalue weighted by Gasteiger charge is -2.21. The van der Waals surface area contributed by atoms with Crippen LogP contribution < -0.4 is 0 Å². The van der Waals surface area contributed by atoms with E-state index in [1.165, 1.54) is 6.42 Å². The molecule has 2 aliphatic rings. The highest BCUT2D eigenvalue weighted by Gasteiger charge is 2.20. The van der Waals surface area contributed by atoms with Crippen molar-refractivity contribution in [2.75, 3.05) is 19.8 Å². The van der Waals surface area contributed by atoms with Crippen LogP contribution in [0, 0.1) is 5.92 Å². The van der Waals surface area contributed by atoms with Crippen LogP contribution in [-0.4, -0.2) is 31.7 Å². The molecular formula is C13H22O3. The van der Waals surface area contributed by atoms with E-state index in [0.29, 0.717) is 24.2 Å².